The van der Waals surface area contributed by atoms with Crippen LogP contribution < -0.4 is 10.6 Å². The smallest absolute Gasteiger partial charge is 0.409 e. The Balaban J connectivity index is 5.08. The number of carbonyl (C=O) groups is 2. The van der Waals surface area contributed by atoms with Crippen molar-refractivity contribution in [2.75, 3.05) is 13.2 Å². The maximum absolute atomic E-state index is 11.7. The standard InChI is InChI=1S/C12H18Cl6N2O5/c1-3-5-23-9(21)19-7(11(13,14)15)25-8(12(16,17)18)20-10(22)24-6-4-2/h7-8H,3-6H2,1-2H3,(H,19,21)(H,20,22)/t7-,8-/m0/s1. The van der Waals surface area contributed by atoms with Crippen molar-refractivity contribution in [3.8, 4) is 0 Å². The highest BCUT2D eigenvalue weighted by Gasteiger charge is 2.43. The molecule has 0 aliphatic rings. The average Bonchev–Trinajstić information content (AvgIpc) is 2.47. The van der Waals surface area contributed by atoms with Gasteiger partial charge >= 0.3 is 12.2 Å². The first-order valence-corrected chi connectivity index (χ1v) is 9.34. The van der Waals surface area contributed by atoms with Gasteiger partial charge in [-0.1, -0.05) is 83.5 Å². The second-order valence-corrected chi connectivity index (χ2v) is 9.28. The Morgan fingerprint density at radius 2 is 1.12 bits per heavy atom. The molecule has 2 N–H and O–H groups in total. The Hall–Kier alpha value is 0.240. The Morgan fingerprint density at radius 3 is 1.36 bits per heavy atom. The molecule has 0 aromatic rings. The minimum atomic E-state index is -2.16. The normalized spacial score (nSPS) is 14.4. The second kappa shape index (κ2) is 11.8. The molecule has 0 aromatic carbocycles. The Kier molecular flexibility index (Phi) is 12.0. The van der Waals surface area contributed by atoms with E-state index in [1.54, 1.807) is 13.8 Å². The number of hydrogen-bond donors (Lipinski definition) is 2. The van der Waals surface area contributed by atoms with Gasteiger partial charge in [0.05, 0.1) is 13.2 Å². The van der Waals surface area contributed by atoms with Gasteiger partial charge in [0, 0.05) is 0 Å². The zero-order chi connectivity index (χ0) is 19.7. The van der Waals surface area contributed by atoms with Crippen molar-refractivity contribution in [3.05, 3.63) is 0 Å². The van der Waals surface area contributed by atoms with Gasteiger partial charge in [-0.3, -0.25) is 10.6 Å². The largest absolute Gasteiger partial charge is 0.450 e. The van der Waals surface area contributed by atoms with Crippen LogP contribution in [0.3, 0.4) is 0 Å². The maximum atomic E-state index is 11.7. The van der Waals surface area contributed by atoms with Crippen LogP contribution >= 0.6 is 69.6 Å². The third-order valence-corrected chi connectivity index (χ3v) is 3.43. The van der Waals surface area contributed by atoms with Crippen molar-refractivity contribution in [3.63, 3.8) is 0 Å². The van der Waals surface area contributed by atoms with E-state index >= 15 is 0 Å². The van der Waals surface area contributed by atoms with Crippen molar-refractivity contribution < 1.29 is 23.8 Å². The molecule has 0 bridgehead atoms. The summed E-state index contributed by atoms with van der Waals surface area (Å²) in [7, 11) is 0. The Morgan fingerprint density at radius 1 is 0.800 bits per heavy atom. The number of halogens is 6. The molecule has 0 saturated heterocycles. The van der Waals surface area contributed by atoms with Gasteiger partial charge in [-0.15, -0.1) is 0 Å². The molecule has 2 amide bonds. The maximum Gasteiger partial charge on any atom is 0.409 e. The molecule has 0 heterocycles. The summed E-state index contributed by atoms with van der Waals surface area (Å²) in [5.74, 6) is 0. The lowest BCUT2D eigenvalue weighted by Crippen LogP contribution is -2.55. The van der Waals surface area contributed by atoms with Gasteiger partial charge in [0.2, 0.25) is 7.59 Å². The van der Waals surface area contributed by atoms with Crippen molar-refractivity contribution in [2.45, 2.75) is 46.7 Å². The van der Waals surface area contributed by atoms with E-state index in [-0.39, 0.29) is 13.2 Å². The number of rotatable bonds is 8. The average molecular weight is 483 g/mol. The molecule has 0 aliphatic carbocycles. The third kappa shape index (κ3) is 11.5. The molecule has 0 radical (unpaired) electrons. The fourth-order valence-electron chi connectivity index (χ4n) is 1.21. The topological polar surface area (TPSA) is 85.9 Å². The van der Waals surface area contributed by atoms with E-state index in [0.29, 0.717) is 12.8 Å². The van der Waals surface area contributed by atoms with E-state index in [9.17, 15) is 9.59 Å². The van der Waals surface area contributed by atoms with Crippen LogP contribution in [-0.2, 0) is 14.2 Å². The van der Waals surface area contributed by atoms with Gasteiger partial charge in [-0.25, -0.2) is 9.59 Å². The number of ether oxygens (including phenoxy) is 3. The Bertz CT molecular complexity index is 391. The minimum Gasteiger partial charge on any atom is -0.450 e. The number of alkyl halides is 6. The molecular formula is C12H18Cl6N2O5. The first-order valence-electron chi connectivity index (χ1n) is 7.07. The van der Waals surface area contributed by atoms with Crippen LogP contribution in [0.25, 0.3) is 0 Å². The summed E-state index contributed by atoms with van der Waals surface area (Å²) in [5.41, 5.74) is 0. The summed E-state index contributed by atoms with van der Waals surface area (Å²) < 4.78 is 10.6. The van der Waals surface area contributed by atoms with E-state index in [4.69, 9.17) is 83.8 Å². The number of carbonyl (C=O) groups excluding carboxylic acids is 2. The molecule has 2 atom stereocenters. The minimum absolute atomic E-state index is 0.133. The lowest BCUT2D eigenvalue weighted by Gasteiger charge is -2.32. The van der Waals surface area contributed by atoms with E-state index in [0.717, 1.165) is 0 Å². The lowest BCUT2D eigenvalue weighted by molar-refractivity contribution is -0.0395. The summed E-state index contributed by atoms with van der Waals surface area (Å²) >= 11 is 34.5. The van der Waals surface area contributed by atoms with Crippen LogP contribution in [-0.4, -0.2) is 45.4 Å². The molecule has 25 heavy (non-hydrogen) atoms. The SMILES string of the molecule is CCCOC(=O)N[C@@H](O[C@H](NC(=O)OCCC)C(Cl)(Cl)Cl)C(Cl)(Cl)Cl. The quantitative estimate of drug-likeness (QED) is 0.388. The predicted molar refractivity (Wildman–Crippen MR) is 98.8 cm³/mol. The molecule has 0 aliphatic heterocycles. The molecule has 0 rings (SSSR count). The van der Waals surface area contributed by atoms with Crippen LogP contribution in [0.4, 0.5) is 9.59 Å². The molecule has 0 saturated carbocycles. The van der Waals surface area contributed by atoms with Crippen LogP contribution in [0.1, 0.15) is 26.7 Å². The zero-order valence-electron chi connectivity index (χ0n) is 13.3. The fraction of sp³-hybridized carbons (Fsp3) is 0.833. The van der Waals surface area contributed by atoms with Gasteiger partial charge in [0.15, 0.2) is 12.5 Å². The van der Waals surface area contributed by atoms with Crippen LogP contribution in [0, 0.1) is 0 Å². The highest BCUT2D eigenvalue weighted by atomic mass is 35.6. The summed E-state index contributed by atoms with van der Waals surface area (Å²) in [6, 6.07) is 0. The molecule has 148 valence electrons. The van der Waals surface area contributed by atoms with Gasteiger partial charge < -0.3 is 14.2 Å². The Labute approximate surface area is 175 Å². The fourth-order valence-corrected chi connectivity index (χ4v) is 1.84. The summed E-state index contributed by atoms with van der Waals surface area (Å²) in [6.45, 7) is 3.85. The summed E-state index contributed by atoms with van der Waals surface area (Å²) in [6.07, 6.45) is -3.89. The zero-order valence-corrected chi connectivity index (χ0v) is 17.8. The van der Waals surface area contributed by atoms with Gasteiger partial charge in [-0.2, -0.15) is 0 Å². The highest BCUT2D eigenvalue weighted by Crippen LogP contribution is 2.36. The molecule has 0 spiro atoms. The molecular weight excluding hydrogens is 465 g/mol. The number of alkyl carbamates (subject to hydrolysis) is 2. The lowest BCUT2D eigenvalue weighted by atomic mass is 10.5. The summed E-state index contributed by atoms with van der Waals surface area (Å²) in [5, 5.41) is 4.33. The molecule has 7 nitrogen and oxygen atoms in total. The summed E-state index contributed by atoms with van der Waals surface area (Å²) in [4.78, 5) is 23.3. The van der Waals surface area contributed by atoms with E-state index < -0.39 is 32.2 Å². The van der Waals surface area contributed by atoms with E-state index in [1.807, 2.05) is 0 Å². The van der Waals surface area contributed by atoms with Gasteiger partial charge in [-0.05, 0) is 12.8 Å². The van der Waals surface area contributed by atoms with Crippen LogP contribution in [0.15, 0.2) is 0 Å². The first kappa shape index (κ1) is 25.2. The van der Waals surface area contributed by atoms with Crippen molar-refractivity contribution >= 4 is 81.8 Å². The molecule has 13 heteroatoms. The second-order valence-electron chi connectivity index (χ2n) is 4.54. The number of hydrogen-bond acceptors (Lipinski definition) is 5. The monoisotopic (exact) mass is 480 g/mol. The number of amides is 2. The van der Waals surface area contributed by atoms with Gasteiger partial charge in [0.1, 0.15) is 0 Å². The van der Waals surface area contributed by atoms with Crippen LogP contribution in [0.2, 0.25) is 0 Å². The number of nitrogens with one attached hydrogen (secondary N) is 2. The van der Waals surface area contributed by atoms with E-state index in [2.05, 4.69) is 10.6 Å². The van der Waals surface area contributed by atoms with E-state index in [1.165, 1.54) is 0 Å². The molecule has 0 unspecified atom stereocenters. The van der Waals surface area contributed by atoms with Gasteiger partial charge in [0.25, 0.3) is 0 Å². The molecule has 0 fully saturated rings. The van der Waals surface area contributed by atoms with Crippen molar-refractivity contribution in [2.24, 2.45) is 0 Å². The predicted octanol–water partition coefficient (Wildman–Crippen LogP) is 4.67. The third-order valence-electron chi connectivity index (χ3n) is 2.24. The molecule has 0 aromatic heterocycles. The van der Waals surface area contributed by atoms with Crippen molar-refractivity contribution in [1.82, 2.24) is 10.6 Å². The van der Waals surface area contributed by atoms with Crippen LogP contribution in [0.5, 0.6) is 0 Å². The van der Waals surface area contributed by atoms with Crippen molar-refractivity contribution in [1.29, 1.82) is 0 Å². The highest BCUT2D eigenvalue weighted by molar-refractivity contribution is 6.68. The first-order chi connectivity index (χ1) is 11.4.